The minimum Gasteiger partial charge on any atom is -0.456 e. The zero-order chi connectivity index (χ0) is 11.5. The molecule has 0 aliphatic rings. The smallest absolute Gasteiger partial charge is 0.145 e. The van der Waals surface area contributed by atoms with Crippen LogP contribution >= 0.6 is 0 Å². The molecule has 0 saturated heterocycles. The molecule has 3 nitrogen and oxygen atoms in total. The van der Waals surface area contributed by atoms with Gasteiger partial charge in [-0.25, -0.2) is 0 Å². The molecule has 2 rings (SSSR count). The SMILES string of the molecule is Cc1ccc(Oc2cc(C)nc(C)c2)cn1. The standard InChI is InChI=1S/C13H14N2O/c1-9-4-5-12(8-14-9)16-13-6-10(2)15-11(3)7-13/h4-8H,1-3H3. The number of aryl methyl sites for hydroxylation is 3. The summed E-state index contributed by atoms with van der Waals surface area (Å²) in [4.78, 5) is 8.47. The van der Waals surface area contributed by atoms with Crippen LogP contribution in [0.15, 0.2) is 30.5 Å². The average Bonchev–Trinajstić information content (AvgIpc) is 2.20. The van der Waals surface area contributed by atoms with Gasteiger partial charge >= 0.3 is 0 Å². The van der Waals surface area contributed by atoms with Gasteiger partial charge in [0.2, 0.25) is 0 Å². The van der Waals surface area contributed by atoms with Crippen molar-refractivity contribution in [1.29, 1.82) is 0 Å². The molecule has 3 heteroatoms. The number of nitrogens with zero attached hydrogens (tertiary/aromatic N) is 2. The summed E-state index contributed by atoms with van der Waals surface area (Å²) in [7, 11) is 0. The number of hydrogen-bond donors (Lipinski definition) is 0. The Bertz CT molecular complexity index is 472. The van der Waals surface area contributed by atoms with Gasteiger partial charge in [-0.05, 0) is 32.9 Å². The quantitative estimate of drug-likeness (QED) is 0.770. The third kappa shape index (κ3) is 2.57. The number of pyridine rings is 2. The maximum atomic E-state index is 5.69. The van der Waals surface area contributed by atoms with Crippen molar-refractivity contribution in [3.63, 3.8) is 0 Å². The highest BCUT2D eigenvalue weighted by molar-refractivity contribution is 5.31. The van der Waals surface area contributed by atoms with Gasteiger partial charge in [0.05, 0.1) is 6.20 Å². The normalized spacial score (nSPS) is 10.2. The van der Waals surface area contributed by atoms with Crippen molar-refractivity contribution >= 4 is 0 Å². The summed E-state index contributed by atoms with van der Waals surface area (Å²) in [6, 6.07) is 7.66. The molecule has 0 atom stereocenters. The maximum Gasteiger partial charge on any atom is 0.145 e. The summed E-state index contributed by atoms with van der Waals surface area (Å²) in [6.07, 6.45) is 1.72. The molecule has 0 bridgehead atoms. The van der Waals surface area contributed by atoms with Crippen molar-refractivity contribution in [3.8, 4) is 11.5 Å². The topological polar surface area (TPSA) is 35.0 Å². The second kappa shape index (κ2) is 4.31. The lowest BCUT2D eigenvalue weighted by Gasteiger charge is -2.06. The molecule has 0 amide bonds. The Balaban J connectivity index is 2.23. The molecule has 2 heterocycles. The fourth-order valence-corrected chi connectivity index (χ4v) is 1.51. The van der Waals surface area contributed by atoms with E-state index in [1.807, 2.05) is 45.0 Å². The van der Waals surface area contributed by atoms with Crippen LogP contribution in [0, 0.1) is 20.8 Å². The van der Waals surface area contributed by atoms with Gasteiger partial charge in [0.15, 0.2) is 0 Å². The molecular weight excluding hydrogens is 200 g/mol. The summed E-state index contributed by atoms with van der Waals surface area (Å²) in [5, 5.41) is 0. The van der Waals surface area contributed by atoms with E-state index in [1.54, 1.807) is 6.20 Å². The summed E-state index contributed by atoms with van der Waals surface area (Å²) < 4.78 is 5.69. The first-order chi connectivity index (χ1) is 7.63. The first kappa shape index (κ1) is 10.6. The fourth-order valence-electron chi connectivity index (χ4n) is 1.51. The van der Waals surface area contributed by atoms with Crippen LogP contribution < -0.4 is 4.74 Å². The monoisotopic (exact) mass is 214 g/mol. The van der Waals surface area contributed by atoms with E-state index in [1.165, 1.54) is 0 Å². The number of ether oxygens (including phenoxy) is 1. The van der Waals surface area contributed by atoms with E-state index >= 15 is 0 Å². The van der Waals surface area contributed by atoms with E-state index in [4.69, 9.17) is 4.74 Å². The minimum atomic E-state index is 0.746. The molecule has 0 aliphatic heterocycles. The van der Waals surface area contributed by atoms with E-state index in [9.17, 15) is 0 Å². The third-order valence-electron chi connectivity index (χ3n) is 2.17. The molecule has 82 valence electrons. The van der Waals surface area contributed by atoms with Gasteiger partial charge < -0.3 is 4.74 Å². The van der Waals surface area contributed by atoms with E-state index in [0.29, 0.717) is 0 Å². The Kier molecular flexibility index (Phi) is 2.86. The van der Waals surface area contributed by atoms with Crippen molar-refractivity contribution in [2.75, 3.05) is 0 Å². The van der Waals surface area contributed by atoms with Crippen LogP contribution in [0.3, 0.4) is 0 Å². The molecule has 0 aliphatic carbocycles. The Morgan fingerprint density at radius 1 is 0.875 bits per heavy atom. The molecule has 16 heavy (non-hydrogen) atoms. The Hall–Kier alpha value is -1.90. The van der Waals surface area contributed by atoms with Crippen LogP contribution in [-0.2, 0) is 0 Å². The van der Waals surface area contributed by atoms with Gasteiger partial charge in [-0.15, -0.1) is 0 Å². The van der Waals surface area contributed by atoms with Crippen molar-refractivity contribution in [2.45, 2.75) is 20.8 Å². The Morgan fingerprint density at radius 2 is 1.56 bits per heavy atom. The van der Waals surface area contributed by atoms with E-state index in [-0.39, 0.29) is 0 Å². The molecule has 0 fully saturated rings. The van der Waals surface area contributed by atoms with E-state index < -0.39 is 0 Å². The molecular formula is C13H14N2O. The van der Waals surface area contributed by atoms with Gasteiger partial charge in [0, 0.05) is 29.2 Å². The molecule has 2 aromatic heterocycles. The van der Waals surface area contributed by atoms with Gasteiger partial charge in [-0.2, -0.15) is 0 Å². The second-order valence-corrected chi connectivity index (χ2v) is 3.82. The zero-order valence-electron chi connectivity index (χ0n) is 9.69. The van der Waals surface area contributed by atoms with Crippen molar-refractivity contribution in [1.82, 2.24) is 9.97 Å². The van der Waals surface area contributed by atoms with Gasteiger partial charge in [-0.3, -0.25) is 9.97 Å². The van der Waals surface area contributed by atoms with Crippen LogP contribution in [0.2, 0.25) is 0 Å². The highest BCUT2D eigenvalue weighted by Gasteiger charge is 2.00. The zero-order valence-corrected chi connectivity index (χ0v) is 9.69. The molecule has 0 unspecified atom stereocenters. The number of hydrogen-bond acceptors (Lipinski definition) is 3. The first-order valence-electron chi connectivity index (χ1n) is 5.19. The largest absolute Gasteiger partial charge is 0.456 e. The predicted molar refractivity (Wildman–Crippen MR) is 62.8 cm³/mol. The van der Waals surface area contributed by atoms with Gasteiger partial charge in [-0.1, -0.05) is 0 Å². The van der Waals surface area contributed by atoms with Gasteiger partial charge in [0.25, 0.3) is 0 Å². The summed E-state index contributed by atoms with van der Waals surface area (Å²) in [5.74, 6) is 1.55. The van der Waals surface area contributed by atoms with Crippen molar-refractivity contribution < 1.29 is 4.74 Å². The summed E-state index contributed by atoms with van der Waals surface area (Å²) in [5.41, 5.74) is 2.89. The van der Waals surface area contributed by atoms with E-state index in [2.05, 4.69) is 9.97 Å². The lowest BCUT2D eigenvalue weighted by atomic mass is 10.3. The summed E-state index contributed by atoms with van der Waals surface area (Å²) in [6.45, 7) is 5.85. The summed E-state index contributed by atoms with van der Waals surface area (Å²) >= 11 is 0. The third-order valence-corrected chi connectivity index (χ3v) is 2.17. The lowest BCUT2D eigenvalue weighted by molar-refractivity contribution is 0.478. The van der Waals surface area contributed by atoms with Crippen molar-refractivity contribution in [2.24, 2.45) is 0 Å². The van der Waals surface area contributed by atoms with Gasteiger partial charge in [0.1, 0.15) is 11.5 Å². The number of aromatic nitrogens is 2. The minimum absolute atomic E-state index is 0.746. The first-order valence-corrected chi connectivity index (χ1v) is 5.19. The molecule has 0 spiro atoms. The Labute approximate surface area is 95.1 Å². The molecule has 0 aromatic carbocycles. The highest BCUT2D eigenvalue weighted by atomic mass is 16.5. The van der Waals surface area contributed by atoms with Crippen LogP contribution in [0.5, 0.6) is 11.5 Å². The molecule has 2 aromatic rings. The fraction of sp³-hybridized carbons (Fsp3) is 0.231. The second-order valence-electron chi connectivity index (χ2n) is 3.82. The van der Waals surface area contributed by atoms with Crippen molar-refractivity contribution in [3.05, 3.63) is 47.5 Å². The number of rotatable bonds is 2. The highest BCUT2D eigenvalue weighted by Crippen LogP contribution is 2.21. The predicted octanol–water partition coefficient (Wildman–Crippen LogP) is 3.19. The van der Waals surface area contributed by atoms with Crippen LogP contribution in [-0.4, -0.2) is 9.97 Å². The molecule has 0 radical (unpaired) electrons. The Morgan fingerprint density at radius 3 is 2.12 bits per heavy atom. The maximum absolute atomic E-state index is 5.69. The van der Waals surface area contributed by atoms with Crippen LogP contribution in [0.1, 0.15) is 17.1 Å². The average molecular weight is 214 g/mol. The molecule has 0 saturated carbocycles. The lowest BCUT2D eigenvalue weighted by Crippen LogP contribution is -1.91. The molecule has 0 N–H and O–H groups in total. The van der Waals surface area contributed by atoms with E-state index in [0.717, 1.165) is 28.6 Å². The van der Waals surface area contributed by atoms with Crippen LogP contribution in [0.25, 0.3) is 0 Å². The van der Waals surface area contributed by atoms with Crippen LogP contribution in [0.4, 0.5) is 0 Å².